The van der Waals surface area contributed by atoms with Crippen LogP contribution in [0.4, 0.5) is 5.69 Å². The van der Waals surface area contributed by atoms with E-state index in [-0.39, 0.29) is 17.5 Å². The highest BCUT2D eigenvalue weighted by Gasteiger charge is 2.35. The lowest BCUT2D eigenvalue weighted by atomic mass is 10.1. The summed E-state index contributed by atoms with van der Waals surface area (Å²) in [5, 5.41) is 9.27. The normalized spacial score (nSPS) is 20.9. The van der Waals surface area contributed by atoms with Crippen molar-refractivity contribution in [1.29, 1.82) is 0 Å². The lowest BCUT2D eigenvalue weighted by Gasteiger charge is -2.23. The van der Waals surface area contributed by atoms with Gasteiger partial charge >= 0.3 is 0 Å². The van der Waals surface area contributed by atoms with Gasteiger partial charge in [-0.2, -0.15) is 4.31 Å². The van der Waals surface area contributed by atoms with E-state index in [0.29, 0.717) is 18.7 Å². The van der Waals surface area contributed by atoms with E-state index in [1.54, 1.807) is 6.07 Å². The van der Waals surface area contributed by atoms with Gasteiger partial charge in [-0.05, 0) is 49.9 Å². The van der Waals surface area contributed by atoms with Crippen molar-refractivity contribution in [1.82, 2.24) is 4.31 Å². The van der Waals surface area contributed by atoms with Gasteiger partial charge in [0.1, 0.15) is 0 Å². The standard InChI is InChI=1S/C13H20N2O3S/c1-9-6-12(7-13(14)10(9)2)19(17,18)15-5-3-4-11(15)8-16/h6-7,11,16H,3-5,8,14H2,1-2H3/t11-/m0/s1. The number of benzene rings is 1. The van der Waals surface area contributed by atoms with Gasteiger partial charge in [0, 0.05) is 18.3 Å². The van der Waals surface area contributed by atoms with Gasteiger partial charge < -0.3 is 10.8 Å². The van der Waals surface area contributed by atoms with E-state index in [9.17, 15) is 13.5 Å². The highest BCUT2D eigenvalue weighted by atomic mass is 32.2. The number of anilines is 1. The van der Waals surface area contributed by atoms with Crippen LogP contribution in [0, 0.1) is 13.8 Å². The van der Waals surface area contributed by atoms with Gasteiger partial charge in [0.15, 0.2) is 0 Å². The van der Waals surface area contributed by atoms with Gasteiger partial charge in [0.2, 0.25) is 10.0 Å². The average Bonchev–Trinajstić information content (AvgIpc) is 2.84. The van der Waals surface area contributed by atoms with Crippen molar-refractivity contribution in [3.63, 3.8) is 0 Å². The van der Waals surface area contributed by atoms with Crippen LogP contribution in [0.3, 0.4) is 0 Å². The van der Waals surface area contributed by atoms with Crippen LogP contribution in [-0.2, 0) is 10.0 Å². The smallest absolute Gasteiger partial charge is 0.243 e. The van der Waals surface area contributed by atoms with E-state index >= 15 is 0 Å². The Kier molecular flexibility index (Phi) is 3.85. The second-order valence-corrected chi connectivity index (χ2v) is 6.94. The van der Waals surface area contributed by atoms with Gasteiger partial charge in [-0.1, -0.05) is 0 Å². The van der Waals surface area contributed by atoms with Gasteiger partial charge in [-0.25, -0.2) is 8.42 Å². The van der Waals surface area contributed by atoms with E-state index in [0.717, 1.165) is 17.5 Å². The number of sulfonamides is 1. The molecule has 19 heavy (non-hydrogen) atoms. The molecule has 5 nitrogen and oxygen atoms in total. The number of nitrogens with two attached hydrogens (primary N) is 1. The van der Waals surface area contributed by atoms with E-state index < -0.39 is 10.0 Å². The molecule has 1 aliphatic rings. The molecule has 1 saturated heterocycles. The summed E-state index contributed by atoms with van der Waals surface area (Å²) in [6.07, 6.45) is 1.49. The van der Waals surface area contributed by atoms with E-state index in [4.69, 9.17) is 5.73 Å². The first kappa shape index (κ1) is 14.3. The Labute approximate surface area is 114 Å². The summed E-state index contributed by atoms with van der Waals surface area (Å²) in [6.45, 7) is 4.03. The molecule has 1 aromatic rings. The molecule has 0 aliphatic carbocycles. The fraction of sp³-hybridized carbons (Fsp3) is 0.538. The predicted octanol–water partition coefficient (Wildman–Crippen LogP) is 1.03. The topological polar surface area (TPSA) is 83.6 Å². The molecular weight excluding hydrogens is 264 g/mol. The summed E-state index contributed by atoms with van der Waals surface area (Å²) >= 11 is 0. The van der Waals surface area contributed by atoms with Crippen molar-refractivity contribution >= 4 is 15.7 Å². The first-order valence-electron chi connectivity index (χ1n) is 6.37. The summed E-state index contributed by atoms with van der Waals surface area (Å²) in [7, 11) is -3.57. The third kappa shape index (κ3) is 2.48. The third-order valence-corrected chi connectivity index (χ3v) is 5.75. The Morgan fingerprint density at radius 1 is 1.42 bits per heavy atom. The molecule has 3 N–H and O–H groups in total. The number of hydrogen-bond acceptors (Lipinski definition) is 4. The van der Waals surface area contributed by atoms with Crippen molar-refractivity contribution in [2.75, 3.05) is 18.9 Å². The number of hydrogen-bond donors (Lipinski definition) is 2. The van der Waals surface area contributed by atoms with Crippen LogP contribution in [0.1, 0.15) is 24.0 Å². The van der Waals surface area contributed by atoms with Crippen LogP contribution >= 0.6 is 0 Å². The first-order valence-corrected chi connectivity index (χ1v) is 7.81. The van der Waals surface area contributed by atoms with Crippen LogP contribution in [-0.4, -0.2) is 37.0 Å². The Morgan fingerprint density at radius 2 is 2.11 bits per heavy atom. The Bertz CT molecular complexity index is 561. The summed E-state index contributed by atoms with van der Waals surface area (Å²) in [6, 6.07) is 2.84. The fourth-order valence-electron chi connectivity index (χ4n) is 2.44. The molecule has 0 aromatic heterocycles. The maximum absolute atomic E-state index is 12.6. The fourth-order valence-corrected chi connectivity index (χ4v) is 4.25. The third-order valence-electron chi connectivity index (χ3n) is 3.82. The molecule has 0 bridgehead atoms. The molecule has 0 saturated carbocycles. The minimum absolute atomic E-state index is 0.139. The second-order valence-electron chi connectivity index (χ2n) is 5.05. The molecular formula is C13H20N2O3S. The molecule has 1 atom stereocenters. The van der Waals surface area contributed by atoms with Crippen molar-refractivity contribution in [2.24, 2.45) is 0 Å². The maximum Gasteiger partial charge on any atom is 0.243 e. The minimum atomic E-state index is -3.57. The number of aliphatic hydroxyl groups is 1. The Hall–Kier alpha value is -1.11. The van der Waals surface area contributed by atoms with Crippen LogP contribution < -0.4 is 5.73 Å². The highest BCUT2D eigenvalue weighted by molar-refractivity contribution is 7.89. The van der Waals surface area contributed by atoms with Crippen molar-refractivity contribution in [2.45, 2.75) is 37.6 Å². The molecule has 2 rings (SSSR count). The second kappa shape index (κ2) is 5.11. The van der Waals surface area contributed by atoms with E-state index in [1.807, 2.05) is 13.8 Å². The summed E-state index contributed by atoms with van der Waals surface area (Å²) in [5.41, 5.74) is 8.10. The van der Waals surface area contributed by atoms with Crippen LogP contribution in [0.15, 0.2) is 17.0 Å². The van der Waals surface area contributed by atoms with Crippen molar-refractivity contribution < 1.29 is 13.5 Å². The number of nitrogen functional groups attached to an aromatic ring is 1. The highest BCUT2D eigenvalue weighted by Crippen LogP contribution is 2.28. The largest absolute Gasteiger partial charge is 0.398 e. The first-order chi connectivity index (χ1) is 8.87. The van der Waals surface area contributed by atoms with Crippen LogP contribution in [0.5, 0.6) is 0 Å². The Morgan fingerprint density at radius 3 is 2.68 bits per heavy atom. The molecule has 0 radical (unpaired) electrons. The molecule has 106 valence electrons. The number of aryl methyl sites for hydroxylation is 1. The summed E-state index contributed by atoms with van der Waals surface area (Å²) in [5.74, 6) is 0. The summed E-state index contributed by atoms with van der Waals surface area (Å²) < 4.78 is 26.5. The molecule has 1 aromatic carbocycles. The SMILES string of the molecule is Cc1cc(S(=O)(=O)N2CCC[C@H]2CO)cc(N)c1C. The number of nitrogens with zero attached hydrogens (tertiary/aromatic N) is 1. The number of rotatable bonds is 3. The van der Waals surface area contributed by atoms with Crippen molar-refractivity contribution in [3.05, 3.63) is 23.3 Å². The lowest BCUT2D eigenvalue weighted by Crippen LogP contribution is -2.37. The minimum Gasteiger partial charge on any atom is -0.398 e. The van der Waals surface area contributed by atoms with Gasteiger partial charge in [-0.15, -0.1) is 0 Å². The lowest BCUT2D eigenvalue weighted by molar-refractivity contribution is 0.213. The Balaban J connectivity index is 2.45. The average molecular weight is 284 g/mol. The molecule has 1 aliphatic heterocycles. The zero-order valence-corrected chi connectivity index (χ0v) is 12.1. The molecule has 1 fully saturated rings. The van der Waals surface area contributed by atoms with Gasteiger partial charge in [-0.3, -0.25) is 0 Å². The van der Waals surface area contributed by atoms with Crippen LogP contribution in [0.25, 0.3) is 0 Å². The molecule has 0 unspecified atom stereocenters. The number of aliphatic hydroxyl groups excluding tert-OH is 1. The monoisotopic (exact) mass is 284 g/mol. The summed E-state index contributed by atoms with van der Waals surface area (Å²) in [4.78, 5) is 0.216. The van der Waals surface area contributed by atoms with Crippen molar-refractivity contribution in [3.8, 4) is 0 Å². The zero-order valence-electron chi connectivity index (χ0n) is 11.3. The molecule has 0 amide bonds. The maximum atomic E-state index is 12.6. The van der Waals surface area contributed by atoms with Gasteiger partial charge in [0.05, 0.1) is 11.5 Å². The predicted molar refractivity (Wildman–Crippen MR) is 74.3 cm³/mol. The van der Waals surface area contributed by atoms with E-state index in [1.165, 1.54) is 10.4 Å². The zero-order chi connectivity index (χ0) is 14.2. The van der Waals surface area contributed by atoms with Gasteiger partial charge in [0.25, 0.3) is 0 Å². The van der Waals surface area contributed by atoms with E-state index in [2.05, 4.69) is 0 Å². The quantitative estimate of drug-likeness (QED) is 0.812. The molecule has 1 heterocycles. The van der Waals surface area contributed by atoms with Crippen LogP contribution in [0.2, 0.25) is 0 Å². The molecule has 0 spiro atoms. The molecule has 6 heteroatoms.